The fraction of sp³-hybridized carbons (Fsp3) is 0.316. The van der Waals surface area contributed by atoms with E-state index in [0.717, 1.165) is 16.8 Å². The van der Waals surface area contributed by atoms with Crippen LogP contribution in [0.4, 0.5) is 5.69 Å². The number of aromatic nitrogens is 1. The fourth-order valence-electron chi connectivity index (χ4n) is 2.85. The van der Waals surface area contributed by atoms with Crippen LogP contribution in [-0.2, 0) is 11.2 Å². The number of rotatable bonds is 5. The van der Waals surface area contributed by atoms with E-state index in [1.165, 1.54) is 0 Å². The Morgan fingerprint density at radius 1 is 1.36 bits per heavy atom. The van der Waals surface area contributed by atoms with Crippen molar-refractivity contribution in [3.8, 4) is 5.88 Å². The van der Waals surface area contributed by atoms with E-state index < -0.39 is 0 Å². The highest BCUT2D eigenvalue weighted by Crippen LogP contribution is 2.26. The molecule has 2 amide bonds. The van der Waals surface area contributed by atoms with Crippen molar-refractivity contribution in [2.75, 3.05) is 11.9 Å². The van der Waals surface area contributed by atoms with Gasteiger partial charge in [-0.05, 0) is 49.6 Å². The van der Waals surface area contributed by atoms with Gasteiger partial charge in [-0.15, -0.1) is 0 Å². The number of anilines is 1. The SMILES string of the molecule is CCOc1ncccc1C(=O)NC(C)c1ccc2c(c1)CCC(=O)N2. The first kappa shape index (κ1) is 17.0. The molecule has 1 unspecified atom stereocenters. The molecule has 3 rings (SSSR count). The van der Waals surface area contributed by atoms with Crippen LogP contribution in [0.25, 0.3) is 0 Å². The van der Waals surface area contributed by atoms with Crippen LogP contribution in [0.3, 0.4) is 0 Å². The lowest BCUT2D eigenvalue weighted by Gasteiger charge is -2.20. The molecule has 6 nitrogen and oxygen atoms in total. The molecule has 0 fully saturated rings. The molecule has 2 aromatic rings. The molecule has 0 saturated carbocycles. The largest absolute Gasteiger partial charge is 0.477 e. The van der Waals surface area contributed by atoms with Crippen molar-refractivity contribution in [1.82, 2.24) is 10.3 Å². The number of pyridine rings is 1. The molecule has 1 aliphatic heterocycles. The van der Waals surface area contributed by atoms with Gasteiger partial charge in [-0.2, -0.15) is 0 Å². The standard InChI is InChI=1S/C19H21N3O3/c1-3-25-19-15(5-4-10-20-19)18(24)21-12(2)13-6-8-16-14(11-13)7-9-17(23)22-16/h4-6,8,10-12H,3,7,9H2,1-2H3,(H,21,24)(H,22,23). The highest BCUT2D eigenvalue weighted by atomic mass is 16.5. The number of nitrogens with one attached hydrogen (secondary N) is 2. The van der Waals surface area contributed by atoms with Crippen LogP contribution in [-0.4, -0.2) is 23.4 Å². The van der Waals surface area contributed by atoms with Gasteiger partial charge in [-0.25, -0.2) is 4.98 Å². The van der Waals surface area contributed by atoms with Crippen LogP contribution in [0.5, 0.6) is 5.88 Å². The van der Waals surface area contributed by atoms with E-state index in [-0.39, 0.29) is 17.9 Å². The topological polar surface area (TPSA) is 80.3 Å². The third-order valence-corrected chi connectivity index (χ3v) is 4.17. The summed E-state index contributed by atoms with van der Waals surface area (Å²) in [4.78, 5) is 28.1. The van der Waals surface area contributed by atoms with Gasteiger partial charge < -0.3 is 15.4 Å². The van der Waals surface area contributed by atoms with Crippen LogP contribution in [0.2, 0.25) is 0 Å². The average molecular weight is 339 g/mol. The van der Waals surface area contributed by atoms with E-state index in [2.05, 4.69) is 15.6 Å². The highest BCUT2D eigenvalue weighted by Gasteiger charge is 2.19. The second kappa shape index (κ2) is 7.34. The first-order chi connectivity index (χ1) is 12.1. The molecule has 0 radical (unpaired) electrons. The van der Waals surface area contributed by atoms with Gasteiger partial charge in [-0.1, -0.05) is 12.1 Å². The minimum atomic E-state index is -0.227. The molecule has 130 valence electrons. The zero-order chi connectivity index (χ0) is 17.8. The summed E-state index contributed by atoms with van der Waals surface area (Å²) in [6.45, 7) is 4.23. The van der Waals surface area contributed by atoms with E-state index in [0.29, 0.717) is 30.9 Å². The van der Waals surface area contributed by atoms with Gasteiger partial charge in [0, 0.05) is 18.3 Å². The van der Waals surface area contributed by atoms with E-state index in [1.807, 2.05) is 32.0 Å². The van der Waals surface area contributed by atoms with Gasteiger partial charge in [-0.3, -0.25) is 9.59 Å². The second-order valence-electron chi connectivity index (χ2n) is 5.95. The average Bonchev–Trinajstić information content (AvgIpc) is 2.61. The molecule has 1 aromatic carbocycles. The number of hydrogen-bond donors (Lipinski definition) is 2. The van der Waals surface area contributed by atoms with Crippen LogP contribution < -0.4 is 15.4 Å². The molecular weight excluding hydrogens is 318 g/mol. The van der Waals surface area contributed by atoms with Gasteiger partial charge in [0.25, 0.3) is 5.91 Å². The van der Waals surface area contributed by atoms with E-state index in [4.69, 9.17) is 4.74 Å². The third kappa shape index (κ3) is 3.79. The van der Waals surface area contributed by atoms with E-state index >= 15 is 0 Å². The Morgan fingerprint density at radius 3 is 3.00 bits per heavy atom. The maximum Gasteiger partial charge on any atom is 0.257 e. The molecule has 6 heteroatoms. The minimum absolute atomic E-state index is 0.0432. The summed E-state index contributed by atoms with van der Waals surface area (Å²) in [5.41, 5.74) is 3.35. The number of ether oxygens (including phenoxy) is 1. The van der Waals surface area contributed by atoms with E-state index in [1.54, 1.807) is 18.3 Å². The van der Waals surface area contributed by atoms with Crippen LogP contribution in [0.1, 0.15) is 47.8 Å². The summed E-state index contributed by atoms with van der Waals surface area (Å²) in [6, 6.07) is 9.07. The molecule has 1 atom stereocenters. The van der Waals surface area contributed by atoms with Crippen molar-refractivity contribution in [1.29, 1.82) is 0 Å². The summed E-state index contributed by atoms with van der Waals surface area (Å²) >= 11 is 0. The van der Waals surface area contributed by atoms with Gasteiger partial charge in [0.1, 0.15) is 5.56 Å². The van der Waals surface area contributed by atoms with Crippen molar-refractivity contribution >= 4 is 17.5 Å². The molecule has 1 aromatic heterocycles. The summed E-state index contributed by atoms with van der Waals surface area (Å²) in [5, 5.41) is 5.84. The number of hydrogen-bond acceptors (Lipinski definition) is 4. The Bertz CT molecular complexity index is 804. The van der Waals surface area contributed by atoms with Crippen LogP contribution in [0, 0.1) is 0 Å². The number of fused-ring (bicyclic) bond motifs is 1. The summed E-state index contributed by atoms with van der Waals surface area (Å²) in [5.74, 6) is 0.152. The first-order valence-electron chi connectivity index (χ1n) is 8.40. The van der Waals surface area contributed by atoms with Crippen molar-refractivity contribution < 1.29 is 14.3 Å². The van der Waals surface area contributed by atoms with E-state index in [9.17, 15) is 9.59 Å². The molecule has 0 bridgehead atoms. The highest BCUT2D eigenvalue weighted by molar-refractivity contribution is 5.96. The Labute approximate surface area is 146 Å². The van der Waals surface area contributed by atoms with Crippen molar-refractivity contribution in [2.45, 2.75) is 32.7 Å². The first-order valence-corrected chi connectivity index (χ1v) is 8.40. The zero-order valence-electron chi connectivity index (χ0n) is 14.3. The minimum Gasteiger partial charge on any atom is -0.477 e. The molecule has 0 spiro atoms. The number of carbonyl (C=O) groups is 2. The second-order valence-corrected chi connectivity index (χ2v) is 5.95. The molecule has 2 heterocycles. The normalized spacial score (nSPS) is 14.2. The summed E-state index contributed by atoms with van der Waals surface area (Å²) < 4.78 is 5.42. The number of amides is 2. The lowest BCUT2D eigenvalue weighted by molar-refractivity contribution is -0.116. The zero-order valence-corrected chi connectivity index (χ0v) is 14.3. The fourth-order valence-corrected chi connectivity index (χ4v) is 2.85. The van der Waals surface area contributed by atoms with Gasteiger partial charge in [0.05, 0.1) is 12.6 Å². The monoisotopic (exact) mass is 339 g/mol. The van der Waals surface area contributed by atoms with Crippen LogP contribution >= 0.6 is 0 Å². The van der Waals surface area contributed by atoms with Gasteiger partial charge in [0.15, 0.2) is 0 Å². The summed E-state index contributed by atoms with van der Waals surface area (Å²) in [7, 11) is 0. The number of benzene rings is 1. The molecule has 0 saturated heterocycles. The van der Waals surface area contributed by atoms with Crippen molar-refractivity contribution in [3.05, 3.63) is 53.2 Å². The summed E-state index contributed by atoms with van der Waals surface area (Å²) in [6.07, 6.45) is 2.81. The number of nitrogens with zero attached hydrogens (tertiary/aromatic N) is 1. The predicted molar refractivity (Wildman–Crippen MR) is 94.7 cm³/mol. The van der Waals surface area contributed by atoms with Gasteiger partial charge in [0.2, 0.25) is 11.8 Å². The Balaban J connectivity index is 1.75. The maximum atomic E-state index is 12.6. The van der Waals surface area contributed by atoms with Crippen LogP contribution in [0.15, 0.2) is 36.5 Å². The molecule has 2 N–H and O–H groups in total. The lowest BCUT2D eigenvalue weighted by Crippen LogP contribution is -2.27. The van der Waals surface area contributed by atoms with Crippen molar-refractivity contribution in [2.24, 2.45) is 0 Å². The maximum absolute atomic E-state index is 12.6. The third-order valence-electron chi connectivity index (χ3n) is 4.17. The number of aryl methyl sites for hydroxylation is 1. The quantitative estimate of drug-likeness (QED) is 0.878. The molecular formula is C19H21N3O3. The lowest BCUT2D eigenvalue weighted by atomic mass is 9.97. The predicted octanol–water partition coefficient (Wildman–Crippen LogP) is 2.86. The Hall–Kier alpha value is -2.89. The number of carbonyl (C=O) groups excluding carboxylic acids is 2. The van der Waals surface area contributed by atoms with Gasteiger partial charge >= 0.3 is 0 Å². The molecule has 0 aliphatic carbocycles. The molecule has 25 heavy (non-hydrogen) atoms. The Morgan fingerprint density at radius 2 is 2.20 bits per heavy atom. The smallest absolute Gasteiger partial charge is 0.257 e. The Kier molecular flexibility index (Phi) is 4.97. The molecule has 1 aliphatic rings. The van der Waals surface area contributed by atoms with Crippen molar-refractivity contribution in [3.63, 3.8) is 0 Å².